The van der Waals surface area contributed by atoms with E-state index in [1.807, 2.05) is 0 Å². The van der Waals surface area contributed by atoms with Crippen molar-refractivity contribution in [1.29, 1.82) is 5.26 Å². The van der Waals surface area contributed by atoms with Crippen LogP contribution in [0.25, 0.3) is 16.7 Å². The molecule has 5 nitrogen and oxygen atoms in total. The first-order valence-electron chi connectivity index (χ1n) is 10.7. The fourth-order valence-corrected chi connectivity index (χ4v) is 4.85. The summed E-state index contributed by atoms with van der Waals surface area (Å²) in [4.78, 5) is 7.44. The van der Waals surface area contributed by atoms with Gasteiger partial charge in [-0.25, -0.2) is 4.98 Å². The Bertz CT molecular complexity index is 1110. The van der Waals surface area contributed by atoms with Crippen LogP contribution in [0.15, 0.2) is 24.4 Å². The Morgan fingerprint density at radius 1 is 1.07 bits per heavy atom. The zero-order valence-corrected chi connectivity index (χ0v) is 18.6. The third-order valence-electron chi connectivity index (χ3n) is 6.33. The second-order valence-corrected chi connectivity index (χ2v) is 8.57. The zero-order valence-electron chi connectivity index (χ0n) is 18.6. The summed E-state index contributed by atoms with van der Waals surface area (Å²) < 4.78 is 7.70. The molecular formula is C25H30N4O. The number of nitrogens with zero attached hydrogens (tertiary/aromatic N) is 4. The third-order valence-corrected chi connectivity index (χ3v) is 6.33. The predicted octanol–water partition coefficient (Wildman–Crippen LogP) is 5.40. The molecule has 3 heterocycles. The number of benzene rings is 1. The minimum atomic E-state index is 0.528. The maximum Gasteiger partial charge on any atom is 0.147 e. The van der Waals surface area contributed by atoms with Crippen LogP contribution in [-0.4, -0.2) is 29.8 Å². The van der Waals surface area contributed by atoms with Crippen LogP contribution in [0.4, 0.5) is 5.69 Å². The maximum atomic E-state index is 9.02. The molecule has 0 amide bonds. The van der Waals surface area contributed by atoms with E-state index in [2.05, 4.69) is 67.6 Å². The molecule has 156 valence electrons. The number of fused-ring (bicyclic) bond motifs is 1. The van der Waals surface area contributed by atoms with Crippen molar-refractivity contribution in [2.45, 2.75) is 47.0 Å². The van der Waals surface area contributed by atoms with E-state index in [1.165, 1.54) is 33.5 Å². The second-order valence-electron chi connectivity index (χ2n) is 8.57. The van der Waals surface area contributed by atoms with Gasteiger partial charge in [0.2, 0.25) is 0 Å². The summed E-state index contributed by atoms with van der Waals surface area (Å²) in [5.74, 6) is 1.41. The highest BCUT2D eigenvalue weighted by atomic mass is 16.5. The fourth-order valence-electron chi connectivity index (χ4n) is 4.85. The number of anilines is 1. The van der Waals surface area contributed by atoms with Crippen molar-refractivity contribution >= 4 is 16.7 Å². The second kappa shape index (κ2) is 8.02. The molecule has 0 atom stereocenters. The molecule has 1 aromatic carbocycles. The number of pyridine rings is 1. The van der Waals surface area contributed by atoms with E-state index in [0.29, 0.717) is 12.3 Å². The number of rotatable bonds is 4. The van der Waals surface area contributed by atoms with Gasteiger partial charge >= 0.3 is 0 Å². The lowest BCUT2D eigenvalue weighted by molar-refractivity contribution is 0.413. The van der Waals surface area contributed by atoms with E-state index in [1.54, 1.807) is 7.11 Å². The molecule has 0 spiro atoms. The average molecular weight is 403 g/mol. The summed E-state index contributed by atoms with van der Waals surface area (Å²) in [5, 5.41) is 10.3. The Balaban J connectivity index is 1.82. The molecule has 1 fully saturated rings. The number of methoxy groups -OCH3 is 1. The minimum absolute atomic E-state index is 0.528. The first-order valence-corrected chi connectivity index (χ1v) is 10.7. The van der Waals surface area contributed by atoms with Gasteiger partial charge in [-0.15, -0.1) is 0 Å². The third kappa shape index (κ3) is 3.52. The summed E-state index contributed by atoms with van der Waals surface area (Å²) in [6, 6.07) is 8.73. The first-order chi connectivity index (χ1) is 14.4. The molecule has 1 saturated heterocycles. The largest absolute Gasteiger partial charge is 0.497 e. The van der Waals surface area contributed by atoms with Crippen molar-refractivity contribution < 1.29 is 4.74 Å². The van der Waals surface area contributed by atoms with Gasteiger partial charge in [0.25, 0.3) is 0 Å². The number of aromatic nitrogens is 2. The van der Waals surface area contributed by atoms with E-state index in [4.69, 9.17) is 15.0 Å². The van der Waals surface area contributed by atoms with Crippen LogP contribution < -0.4 is 9.64 Å². The highest BCUT2D eigenvalue weighted by Crippen LogP contribution is 2.36. The van der Waals surface area contributed by atoms with Crippen molar-refractivity contribution in [3.8, 4) is 17.5 Å². The molecule has 3 aromatic rings. The molecule has 0 unspecified atom stereocenters. The van der Waals surface area contributed by atoms with E-state index in [-0.39, 0.29) is 0 Å². The SMILES string of the molecule is COc1cc(C)c(-n2cc(C)c3c(N4CCC(CC#N)CC4)cc(C)nc32)c(C)c1. The monoisotopic (exact) mass is 402 g/mol. The number of nitriles is 1. The highest BCUT2D eigenvalue weighted by Gasteiger charge is 2.24. The van der Waals surface area contributed by atoms with Gasteiger partial charge in [0.05, 0.1) is 18.9 Å². The molecule has 2 aromatic heterocycles. The molecule has 30 heavy (non-hydrogen) atoms. The normalized spacial score (nSPS) is 14.9. The quantitative estimate of drug-likeness (QED) is 0.586. The summed E-state index contributed by atoms with van der Waals surface area (Å²) in [7, 11) is 1.71. The number of hydrogen-bond donors (Lipinski definition) is 0. The maximum absolute atomic E-state index is 9.02. The average Bonchev–Trinajstić information content (AvgIpc) is 3.03. The minimum Gasteiger partial charge on any atom is -0.497 e. The Labute approximate surface area is 178 Å². The van der Waals surface area contributed by atoms with Crippen LogP contribution in [0.3, 0.4) is 0 Å². The van der Waals surface area contributed by atoms with E-state index < -0.39 is 0 Å². The summed E-state index contributed by atoms with van der Waals surface area (Å²) in [6.07, 6.45) is 5.04. The highest BCUT2D eigenvalue weighted by molar-refractivity contribution is 5.95. The van der Waals surface area contributed by atoms with Crippen molar-refractivity contribution in [2.24, 2.45) is 5.92 Å². The van der Waals surface area contributed by atoms with E-state index in [0.717, 1.165) is 43.0 Å². The van der Waals surface area contributed by atoms with Crippen molar-refractivity contribution in [3.63, 3.8) is 0 Å². The molecule has 0 N–H and O–H groups in total. The number of hydrogen-bond acceptors (Lipinski definition) is 4. The Morgan fingerprint density at radius 3 is 2.33 bits per heavy atom. The Morgan fingerprint density at radius 2 is 1.73 bits per heavy atom. The van der Waals surface area contributed by atoms with Crippen LogP contribution >= 0.6 is 0 Å². The predicted molar refractivity (Wildman–Crippen MR) is 122 cm³/mol. The van der Waals surface area contributed by atoms with Crippen LogP contribution in [0.1, 0.15) is 41.6 Å². The molecule has 0 saturated carbocycles. The number of aryl methyl sites for hydroxylation is 4. The van der Waals surface area contributed by atoms with Crippen LogP contribution in [0.2, 0.25) is 0 Å². The van der Waals surface area contributed by atoms with Gasteiger partial charge in [-0.2, -0.15) is 5.26 Å². The molecule has 5 heteroatoms. The lowest BCUT2D eigenvalue weighted by Crippen LogP contribution is -2.33. The molecule has 1 aliphatic rings. The van der Waals surface area contributed by atoms with Crippen molar-refractivity contribution in [1.82, 2.24) is 9.55 Å². The van der Waals surface area contributed by atoms with Gasteiger partial charge in [0, 0.05) is 42.5 Å². The van der Waals surface area contributed by atoms with Crippen LogP contribution in [0.5, 0.6) is 5.75 Å². The molecular weight excluding hydrogens is 372 g/mol. The van der Waals surface area contributed by atoms with Gasteiger partial charge in [-0.1, -0.05) is 0 Å². The fraction of sp³-hybridized carbons (Fsp3) is 0.440. The summed E-state index contributed by atoms with van der Waals surface area (Å²) in [5.41, 5.74) is 8.06. The smallest absolute Gasteiger partial charge is 0.147 e. The van der Waals surface area contributed by atoms with Crippen LogP contribution in [-0.2, 0) is 0 Å². The van der Waals surface area contributed by atoms with Crippen molar-refractivity contribution in [3.05, 3.63) is 46.8 Å². The number of ether oxygens (including phenoxy) is 1. The van der Waals surface area contributed by atoms with Crippen molar-refractivity contribution in [2.75, 3.05) is 25.1 Å². The van der Waals surface area contributed by atoms with Gasteiger partial charge in [0.1, 0.15) is 11.4 Å². The topological polar surface area (TPSA) is 54.1 Å². The number of piperidine rings is 1. The zero-order chi connectivity index (χ0) is 21.4. The molecule has 0 bridgehead atoms. The van der Waals surface area contributed by atoms with Gasteiger partial charge in [-0.3, -0.25) is 0 Å². The summed E-state index contributed by atoms with van der Waals surface area (Å²) in [6.45, 7) is 10.5. The lowest BCUT2D eigenvalue weighted by atomic mass is 9.93. The van der Waals surface area contributed by atoms with Gasteiger partial charge < -0.3 is 14.2 Å². The summed E-state index contributed by atoms with van der Waals surface area (Å²) >= 11 is 0. The molecule has 0 aliphatic carbocycles. The molecule has 0 radical (unpaired) electrons. The molecule has 4 rings (SSSR count). The Kier molecular flexibility index (Phi) is 5.42. The first kappa shape index (κ1) is 20.3. The standard InChI is InChI=1S/C25H30N4O/c1-16-12-21(30-5)13-17(2)24(16)29-15-18(3)23-22(14-19(4)27-25(23)29)28-10-7-20(6-9-26)8-11-28/h12-15,20H,6-8,10-11H2,1-5H3. The van der Waals surface area contributed by atoms with E-state index >= 15 is 0 Å². The van der Waals surface area contributed by atoms with Gasteiger partial charge in [0.15, 0.2) is 0 Å². The lowest BCUT2D eigenvalue weighted by Gasteiger charge is -2.33. The van der Waals surface area contributed by atoms with Gasteiger partial charge in [-0.05, 0) is 81.3 Å². The van der Waals surface area contributed by atoms with E-state index in [9.17, 15) is 0 Å². The van der Waals surface area contributed by atoms with Crippen LogP contribution in [0, 0.1) is 44.9 Å². The molecule has 1 aliphatic heterocycles. The Hall–Kier alpha value is -3.00.